The first kappa shape index (κ1) is 36.9. The van der Waals surface area contributed by atoms with Crippen LogP contribution in [-0.2, 0) is 39.7 Å². The third-order valence-electron chi connectivity index (χ3n) is 8.32. The smallest absolute Gasteiger partial charge is 0.245 e. The lowest BCUT2D eigenvalue weighted by atomic mass is 10.0. The van der Waals surface area contributed by atoms with Crippen LogP contribution in [0.1, 0.15) is 16.7 Å². The zero-order chi connectivity index (χ0) is 37.8. The SMILES string of the molecule is COc1ccc(CN(Cc2ccc(OC)cc2)S(=O)(=O)c2c(S(N)(=O)=O)ccc(-c3ccc(N)nc3)c2-c2nnn(Cc3ccc(OC)cc3)n2)cc1. The van der Waals surface area contributed by atoms with Crippen molar-refractivity contribution in [2.75, 3.05) is 27.1 Å². The molecule has 0 aliphatic heterocycles. The van der Waals surface area contributed by atoms with Crippen molar-refractivity contribution in [1.82, 2.24) is 29.5 Å². The van der Waals surface area contributed by atoms with Crippen LogP contribution in [0.15, 0.2) is 113 Å². The number of tetrazole rings is 1. The van der Waals surface area contributed by atoms with Crippen molar-refractivity contribution in [1.29, 1.82) is 0 Å². The van der Waals surface area contributed by atoms with Crippen molar-refractivity contribution < 1.29 is 31.0 Å². The Morgan fingerprint density at radius 2 is 1.23 bits per heavy atom. The molecule has 0 aliphatic carbocycles. The highest BCUT2D eigenvalue weighted by Gasteiger charge is 2.37. The number of ether oxygens (including phenoxy) is 3. The maximum atomic E-state index is 15.3. The predicted molar refractivity (Wildman–Crippen MR) is 197 cm³/mol. The minimum atomic E-state index is -4.78. The number of hydrogen-bond donors (Lipinski definition) is 2. The molecular weight excluding hydrogens is 721 g/mol. The third-order valence-corrected chi connectivity index (χ3v) is 11.3. The molecule has 274 valence electrons. The van der Waals surface area contributed by atoms with E-state index in [9.17, 15) is 8.42 Å². The summed E-state index contributed by atoms with van der Waals surface area (Å²) < 4.78 is 74.2. The minimum absolute atomic E-state index is 0.140. The summed E-state index contributed by atoms with van der Waals surface area (Å²) in [4.78, 5) is 4.18. The number of aromatic nitrogens is 5. The first-order valence-corrected chi connectivity index (χ1v) is 19.0. The molecule has 0 amide bonds. The van der Waals surface area contributed by atoms with Gasteiger partial charge in [-0.25, -0.2) is 27.0 Å². The summed E-state index contributed by atoms with van der Waals surface area (Å²) in [7, 11) is -4.84. The Bertz CT molecular complexity index is 2370. The van der Waals surface area contributed by atoms with E-state index in [2.05, 4.69) is 20.4 Å². The summed E-state index contributed by atoms with van der Waals surface area (Å²) in [6.07, 6.45) is 1.44. The molecule has 0 atom stereocenters. The van der Waals surface area contributed by atoms with Gasteiger partial charge in [-0.3, -0.25) is 0 Å². The fraction of sp³-hybridized carbons (Fsp3) is 0.167. The molecule has 0 radical (unpaired) electrons. The number of rotatable bonds is 14. The maximum absolute atomic E-state index is 15.3. The average molecular weight is 757 g/mol. The van der Waals surface area contributed by atoms with E-state index in [1.54, 1.807) is 73.8 Å². The lowest BCUT2D eigenvalue weighted by Gasteiger charge is -2.26. The van der Waals surface area contributed by atoms with Gasteiger partial charge in [0.25, 0.3) is 0 Å². The average Bonchev–Trinajstić information content (AvgIpc) is 3.63. The Balaban J connectivity index is 1.57. The Morgan fingerprint density at radius 3 is 1.70 bits per heavy atom. The number of primary sulfonamides is 1. The number of hydrogen-bond acceptors (Lipinski definition) is 12. The Hall–Kier alpha value is -5.88. The van der Waals surface area contributed by atoms with Crippen molar-refractivity contribution in [2.24, 2.45) is 5.14 Å². The second-order valence-corrected chi connectivity index (χ2v) is 15.2. The predicted octanol–water partition coefficient (Wildman–Crippen LogP) is 4.10. The zero-order valence-corrected chi connectivity index (χ0v) is 30.6. The van der Waals surface area contributed by atoms with Gasteiger partial charge in [-0.15, -0.1) is 10.2 Å². The first-order valence-electron chi connectivity index (χ1n) is 16.0. The maximum Gasteiger partial charge on any atom is 0.245 e. The van der Waals surface area contributed by atoms with E-state index in [1.165, 1.54) is 37.3 Å². The van der Waals surface area contributed by atoms with Gasteiger partial charge in [-0.1, -0.05) is 42.5 Å². The van der Waals surface area contributed by atoms with Crippen LogP contribution < -0.4 is 25.1 Å². The van der Waals surface area contributed by atoms with E-state index < -0.39 is 29.8 Å². The van der Waals surface area contributed by atoms with Gasteiger partial charge in [0, 0.05) is 24.8 Å². The molecule has 0 saturated heterocycles. The lowest BCUT2D eigenvalue weighted by Crippen LogP contribution is -2.32. The molecule has 4 aromatic carbocycles. The van der Waals surface area contributed by atoms with Crippen LogP contribution in [0.3, 0.4) is 0 Å². The summed E-state index contributed by atoms with van der Waals surface area (Å²) in [6, 6.07) is 26.6. The van der Waals surface area contributed by atoms with Gasteiger partial charge in [0.1, 0.15) is 32.9 Å². The van der Waals surface area contributed by atoms with Crippen LogP contribution in [0, 0.1) is 0 Å². The molecule has 4 N–H and O–H groups in total. The molecule has 6 aromatic rings. The van der Waals surface area contributed by atoms with E-state index >= 15 is 8.42 Å². The van der Waals surface area contributed by atoms with Crippen molar-refractivity contribution >= 4 is 25.9 Å². The van der Waals surface area contributed by atoms with Gasteiger partial charge in [-0.05, 0) is 82.1 Å². The van der Waals surface area contributed by atoms with Crippen molar-refractivity contribution in [3.8, 4) is 39.8 Å². The summed E-state index contributed by atoms with van der Waals surface area (Å²) in [5.41, 5.74) is 8.41. The Morgan fingerprint density at radius 1 is 0.698 bits per heavy atom. The van der Waals surface area contributed by atoms with Gasteiger partial charge in [-0.2, -0.15) is 9.10 Å². The molecule has 0 unspecified atom stereocenters. The molecule has 2 aromatic heterocycles. The molecule has 0 aliphatic rings. The Kier molecular flexibility index (Phi) is 10.7. The second-order valence-electron chi connectivity index (χ2n) is 11.8. The number of pyridine rings is 1. The Labute approximate surface area is 306 Å². The summed E-state index contributed by atoms with van der Waals surface area (Å²) in [5, 5.41) is 18.8. The van der Waals surface area contributed by atoms with E-state index in [0.29, 0.717) is 33.9 Å². The van der Waals surface area contributed by atoms with Gasteiger partial charge in [0.15, 0.2) is 0 Å². The van der Waals surface area contributed by atoms with Gasteiger partial charge < -0.3 is 19.9 Å². The molecule has 0 saturated carbocycles. The number of nitrogens with zero attached hydrogens (tertiary/aromatic N) is 6. The first-order chi connectivity index (χ1) is 25.4. The standard InChI is InChI=1S/C36H36N8O7S2/c1-49-28-11-4-24(5-12-28)21-43(22-25-6-13-29(50-2)14-7-25)53(47,48)35-32(52(38,45)46)18-17-31(27-10-19-33(37)39-20-27)34(35)36-40-42-44(41-36)23-26-8-15-30(51-3)16-9-26/h4-20H,21-23H2,1-3H3,(H2,37,39)(H2,38,45,46). The second kappa shape index (κ2) is 15.4. The van der Waals surface area contributed by atoms with Crippen LogP contribution in [0.2, 0.25) is 0 Å². The summed E-state index contributed by atoms with van der Waals surface area (Å²) >= 11 is 0. The van der Waals surface area contributed by atoms with E-state index in [-0.39, 0.29) is 42.4 Å². The molecule has 0 fully saturated rings. The molecule has 6 rings (SSSR count). The number of sulfonamides is 2. The lowest BCUT2D eigenvalue weighted by molar-refractivity contribution is 0.396. The minimum Gasteiger partial charge on any atom is -0.497 e. The fourth-order valence-corrected chi connectivity index (χ4v) is 8.56. The van der Waals surface area contributed by atoms with Crippen molar-refractivity contribution in [2.45, 2.75) is 29.4 Å². The largest absolute Gasteiger partial charge is 0.497 e. The van der Waals surface area contributed by atoms with Crippen LogP contribution in [-0.4, -0.2) is 67.7 Å². The molecule has 15 nitrogen and oxygen atoms in total. The number of methoxy groups -OCH3 is 3. The topological polar surface area (TPSA) is 208 Å². The quantitative estimate of drug-likeness (QED) is 0.161. The number of nitrogen functional groups attached to an aromatic ring is 1. The molecule has 53 heavy (non-hydrogen) atoms. The zero-order valence-electron chi connectivity index (χ0n) is 28.9. The number of nitrogens with two attached hydrogens (primary N) is 2. The van der Waals surface area contributed by atoms with E-state index in [1.807, 2.05) is 12.1 Å². The van der Waals surface area contributed by atoms with Crippen LogP contribution in [0.4, 0.5) is 5.82 Å². The summed E-state index contributed by atoms with van der Waals surface area (Å²) in [5.74, 6) is 1.86. The number of anilines is 1. The highest BCUT2D eigenvalue weighted by molar-refractivity contribution is 7.92. The molecular formula is C36H36N8O7S2. The molecule has 0 bridgehead atoms. The van der Waals surface area contributed by atoms with Gasteiger partial charge in [0.05, 0.1) is 33.4 Å². The molecule has 17 heteroatoms. The third kappa shape index (κ3) is 8.28. The van der Waals surface area contributed by atoms with Crippen molar-refractivity contribution in [3.63, 3.8) is 0 Å². The van der Waals surface area contributed by atoms with Gasteiger partial charge >= 0.3 is 0 Å². The highest BCUT2D eigenvalue weighted by Crippen LogP contribution is 2.41. The van der Waals surface area contributed by atoms with Crippen LogP contribution in [0.25, 0.3) is 22.5 Å². The van der Waals surface area contributed by atoms with E-state index in [0.717, 1.165) is 15.9 Å². The van der Waals surface area contributed by atoms with Crippen molar-refractivity contribution in [3.05, 3.63) is 120 Å². The van der Waals surface area contributed by atoms with E-state index in [4.69, 9.17) is 25.1 Å². The number of benzene rings is 4. The van der Waals surface area contributed by atoms with Crippen LogP contribution >= 0.6 is 0 Å². The summed E-state index contributed by atoms with van der Waals surface area (Å²) in [6.45, 7) is -0.159. The van der Waals surface area contributed by atoms with Crippen LogP contribution in [0.5, 0.6) is 17.2 Å². The fourth-order valence-electron chi connectivity index (χ4n) is 5.60. The monoisotopic (exact) mass is 756 g/mol. The highest BCUT2D eigenvalue weighted by atomic mass is 32.2. The molecule has 0 spiro atoms. The molecule has 2 heterocycles. The van der Waals surface area contributed by atoms with Gasteiger partial charge in [0.2, 0.25) is 25.9 Å². The normalized spacial score (nSPS) is 11.8.